The lowest BCUT2D eigenvalue weighted by Gasteiger charge is -2.39. The molecule has 11 heteroatoms. The molecule has 0 spiro atoms. The van der Waals surface area contributed by atoms with Crippen LogP contribution in [0.3, 0.4) is 0 Å². The zero-order valence-corrected chi connectivity index (χ0v) is 23.8. The number of anilines is 1. The molecule has 2 fully saturated rings. The third kappa shape index (κ3) is 4.44. The van der Waals surface area contributed by atoms with Crippen LogP contribution in [0.25, 0.3) is 10.9 Å². The van der Waals surface area contributed by atoms with E-state index in [0.717, 1.165) is 12.8 Å². The maximum absolute atomic E-state index is 15.5. The van der Waals surface area contributed by atoms with E-state index in [1.807, 2.05) is 6.26 Å². The molecule has 5 nitrogen and oxygen atoms in total. The second-order valence-corrected chi connectivity index (χ2v) is 16.9. The van der Waals surface area contributed by atoms with Crippen LogP contribution in [0.15, 0.2) is 9.63 Å². The van der Waals surface area contributed by atoms with Crippen LogP contribution in [0.1, 0.15) is 33.6 Å². The van der Waals surface area contributed by atoms with Gasteiger partial charge in [0.2, 0.25) is 0 Å². The predicted octanol–water partition coefficient (Wildman–Crippen LogP) is 6.80. The fraction of sp³-hybridized carbons (Fsp3) is 0.636. The highest BCUT2D eigenvalue weighted by Crippen LogP contribution is 2.44. The highest BCUT2D eigenvalue weighted by molar-refractivity contribution is 9.10. The van der Waals surface area contributed by atoms with Crippen molar-refractivity contribution in [1.82, 2.24) is 9.97 Å². The molecule has 0 radical (unpaired) electrons. The smallest absolute Gasteiger partial charge is 0.192 e. The summed E-state index contributed by atoms with van der Waals surface area (Å²) in [6.45, 7) is 12.1. The third-order valence-corrected chi connectivity index (χ3v) is 13.6. The number of fused-ring (bicyclic) bond motifs is 2. The molecule has 182 valence electrons. The van der Waals surface area contributed by atoms with Crippen LogP contribution in [0.4, 0.5) is 14.6 Å². The number of halogens is 4. The number of benzene rings is 1. The van der Waals surface area contributed by atoms with Gasteiger partial charge in [-0.05, 0) is 53.2 Å². The van der Waals surface area contributed by atoms with E-state index in [1.165, 1.54) is 11.8 Å². The van der Waals surface area contributed by atoms with Gasteiger partial charge in [0.25, 0.3) is 0 Å². The highest BCUT2D eigenvalue weighted by Gasteiger charge is 2.48. The van der Waals surface area contributed by atoms with Crippen LogP contribution in [-0.2, 0) is 9.16 Å². The van der Waals surface area contributed by atoms with Gasteiger partial charge < -0.3 is 14.1 Å². The first-order valence-corrected chi connectivity index (χ1v) is 16.3. The van der Waals surface area contributed by atoms with Crippen LogP contribution in [-0.4, -0.2) is 55.9 Å². The largest absolute Gasteiger partial charge is 0.415 e. The summed E-state index contributed by atoms with van der Waals surface area (Å²) >= 11 is 10.5. The van der Waals surface area contributed by atoms with Gasteiger partial charge in [0, 0.05) is 6.61 Å². The number of aromatic nitrogens is 2. The number of ether oxygens (including phenoxy) is 1. The Bertz CT molecular complexity index is 1090. The van der Waals surface area contributed by atoms with Gasteiger partial charge in [-0.1, -0.05) is 44.1 Å². The van der Waals surface area contributed by atoms with Crippen LogP contribution in [0, 0.1) is 11.6 Å². The Hall–Kier alpha value is -0.523. The highest BCUT2D eigenvalue weighted by atomic mass is 79.9. The Morgan fingerprint density at radius 3 is 2.61 bits per heavy atom. The molecule has 33 heavy (non-hydrogen) atoms. The Morgan fingerprint density at radius 1 is 1.27 bits per heavy atom. The molecule has 0 aliphatic carbocycles. The molecule has 1 aromatic heterocycles. The first kappa shape index (κ1) is 25.6. The van der Waals surface area contributed by atoms with Crippen molar-refractivity contribution in [3.63, 3.8) is 0 Å². The van der Waals surface area contributed by atoms with Gasteiger partial charge in [0.05, 0.1) is 39.7 Å². The minimum Gasteiger partial charge on any atom is -0.415 e. The average molecular weight is 581 g/mol. The molecule has 4 rings (SSSR count). The fourth-order valence-corrected chi connectivity index (χ4v) is 6.25. The molecule has 1 aromatic carbocycles. The minimum absolute atomic E-state index is 0.000381. The quantitative estimate of drug-likeness (QED) is 0.127. The maximum Gasteiger partial charge on any atom is 0.192 e. The van der Waals surface area contributed by atoms with Crippen molar-refractivity contribution in [2.75, 3.05) is 24.4 Å². The number of hydrogen-bond donors (Lipinski definition) is 0. The predicted molar refractivity (Wildman–Crippen MR) is 136 cm³/mol. The lowest BCUT2D eigenvalue weighted by Crippen LogP contribution is -2.46. The Morgan fingerprint density at radius 2 is 1.97 bits per heavy atom. The van der Waals surface area contributed by atoms with E-state index in [-0.39, 0.29) is 43.6 Å². The van der Waals surface area contributed by atoms with Gasteiger partial charge in [-0.3, -0.25) is 0 Å². The SMILES string of the molecule is CSc1nc(N2[C@@H](CO[Si](C)(C)C(C)(C)C)C[C@H]3OCC[C@H]32)c2c(F)c(Cl)c(Br)c(F)c2n1. The van der Waals surface area contributed by atoms with Crippen LogP contribution in [0.2, 0.25) is 23.2 Å². The van der Waals surface area contributed by atoms with Gasteiger partial charge in [0.15, 0.2) is 25.1 Å². The molecule has 3 atom stereocenters. The second kappa shape index (κ2) is 9.17. The van der Waals surface area contributed by atoms with E-state index in [0.29, 0.717) is 24.2 Å². The molecular weight excluding hydrogens is 552 g/mol. The molecule has 0 amide bonds. The van der Waals surface area contributed by atoms with E-state index >= 15 is 8.78 Å². The van der Waals surface area contributed by atoms with E-state index < -0.39 is 20.0 Å². The van der Waals surface area contributed by atoms with E-state index in [4.69, 9.17) is 20.8 Å². The third-order valence-electron chi connectivity index (χ3n) is 7.17. The minimum atomic E-state index is -2.01. The van der Waals surface area contributed by atoms with Crippen molar-refractivity contribution in [1.29, 1.82) is 0 Å². The fourth-order valence-electron chi connectivity index (χ4n) is 4.31. The summed E-state index contributed by atoms with van der Waals surface area (Å²) in [6.07, 6.45) is 3.34. The molecule has 2 saturated heterocycles. The topological polar surface area (TPSA) is 47.5 Å². The molecule has 0 unspecified atom stereocenters. The van der Waals surface area contributed by atoms with Crippen molar-refractivity contribution in [2.45, 2.75) is 75.1 Å². The second-order valence-electron chi connectivity index (χ2n) is 10.1. The summed E-state index contributed by atoms with van der Waals surface area (Å²) in [6, 6.07) is -0.0668. The van der Waals surface area contributed by atoms with Crippen molar-refractivity contribution in [3.05, 3.63) is 21.1 Å². The Balaban J connectivity index is 1.84. The average Bonchev–Trinajstić information content (AvgIpc) is 3.34. The van der Waals surface area contributed by atoms with Gasteiger partial charge >= 0.3 is 0 Å². The van der Waals surface area contributed by atoms with Gasteiger partial charge in [-0.15, -0.1) is 0 Å². The first-order chi connectivity index (χ1) is 15.4. The first-order valence-electron chi connectivity index (χ1n) is 11.0. The summed E-state index contributed by atoms with van der Waals surface area (Å²) in [4.78, 5) is 11.0. The van der Waals surface area contributed by atoms with Gasteiger partial charge in [0.1, 0.15) is 11.3 Å². The molecule has 2 aromatic rings. The summed E-state index contributed by atoms with van der Waals surface area (Å²) < 4.78 is 43.1. The summed E-state index contributed by atoms with van der Waals surface area (Å²) in [7, 11) is -2.01. The number of hydrogen-bond acceptors (Lipinski definition) is 6. The molecule has 2 aliphatic heterocycles. The van der Waals surface area contributed by atoms with Crippen LogP contribution >= 0.6 is 39.3 Å². The van der Waals surface area contributed by atoms with Crippen molar-refractivity contribution in [2.24, 2.45) is 0 Å². The Kier molecular flexibility index (Phi) is 7.10. The van der Waals surface area contributed by atoms with E-state index in [9.17, 15) is 0 Å². The monoisotopic (exact) mass is 579 g/mol. The zero-order valence-electron chi connectivity index (χ0n) is 19.6. The standard InChI is InChI=1S/C22H29BrClF2N3O2SSi/c1-22(2,3)33(5,6)31-10-11-9-13-12(7-8-30-13)29(11)20-14-17(25)16(24)15(23)18(26)19(14)27-21(28-20)32-4/h11-13H,7-10H2,1-6H3/t11-,12-,13-/m1/s1. The summed E-state index contributed by atoms with van der Waals surface area (Å²) in [5, 5.41) is 0.125. The lowest BCUT2D eigenvalue weighted by molar-refractivity contribution is 0.106. The lowest BCUT2D eigenvalue weighted by atomic mass is 10.1. The maximum atomic E-state index is 15.5. The summed E-state index contributed by atoms with van der Waals surface area (Å²) in [5.74, 6) is -1.06. The zero-order chi connectivity index (χ0) is 24.3. The molecule has 0 N–H and O–H groups in total. The van der Waals surface area contributed by atoms with Crippen LogP contribution < -0.4 is 4.90 Å². The van der Waals surface area contributed by atoms with Crippen molar-refractivity contribution >= 4 is 64.3 Å². The molecule has 2 aliphatic rings. The number of nitrogens with zero attached hydrogens (tertiary/aromatic N) is 3. The number of thioether (sulfide) groups is 1. The van der Waals surface area contributed by atoms with Crippen LogP contribution in [0.5, 0.6) is 0 Å². The molecule has 0 saturated carbocycles. The molecule has 3 heterocycles. The molecule has 0 bridgehead atoms. The normalized spacial score (nSPS) is 23.6. The van der Waals surface area contributed by atoms with Crippen molar-refractivity contribution < 1.29 is 17.9 Å². The molecular formula is C22H29BrClF2N3O2SSi. The van der Waals surface area contributed by atoms with E-state index in [2.05, 4.69) is 64.7 Å². The number of rotatable bonds is 5. The van der Waals surface area contributed by atoms with Crippen molar-refractivity contribution in [3.8, 4) is 0 Å². The van der Waals surface area contributed by atoms with Gasteiger partial charge in [-0.25, -0.2) is 18.7 Å². The summed E-state index contributed by atoms with van der Waals surface area (Å²) in [5.41, 5.74) is -0.0791. The van der Waals surface area contributed by atoms with Gasteiger partial charge in [-0.2, -0.15) is 0 Å². The van der Waals surface area contributed by atoms with E-state index in [1.54, 1.807) is 0 Å². The Labute approximate surface area is 212 Å².